The van der Waals surface area contributed by atoms with Crippen LogP contribution in [0.4, 0.5) is 11.4 Å². The molecule has 0 saturated carbocycles. The van der Waals surface area contributed by atoms with Crippen molar-refractivity contribution in [2.45, 2.75) is 0 Å². The maximum atomic E-state index is 10.8. The molecule has 1 aromatic carbocycles. The minimum atomic E-state index is -0.322. The molecule has 0 spiro atoms. The van der Waals surface area contributed by atoms with E-state index < -0.39 is 0 Å². The molecule has 1 aromatic rings. The van der Waals surface area contributed by atoms with Gasteiger partial charge in [-0.1, -0.05) is 12.1 Å². The van der Waals surface area contributed by atoms with Crippen LogP contribution < -0.4 is 10.2 Å². The van der Waals surface area contributed by atoms with Gasteiger partial charge < -0.3 is 10.2 Å². The first-order valence-corrected chi connectivity index (χ1v) is 4.98. The van der Waals surface area contributed by atoms with E-state index in [1.165, 1.54) is 0 Å². The zero-order chi connectivity index (χ0) is 10.7. The number of hydrogen-bond donors (Lipinski definition) is 1. The largest absolute Gasteiger partial charge is 0.363 e. The lowest BCUT2D eigenvalue weighted by atomic mass is 10.2. The lowest BCUT2D eigenvalue weighted by molar-refractivity contribution is -0.384. The minimum Gasteiger partial charge on any atom is -0.363 e. The summed E-state index contributed by atoms with van der Waals surface area (Å²) in [6, 6.07) is 6.90. The second-order valence-corrected chi connectivity index (χ2v) is 3.48. The van der Waals surface area contributed by atoms with Gasteiger partial charge in [-0.2, -0.15) is 0 Å². The summed E-state index contributed by atoms with van der Waals surface area (Å²) in [5.74, 6) is 0. The van der Waals surface area contributed by atoms with Gasteiger partial charge in [0.05, 0.1) is 4.92 Å². The molecule has 1 fully saturated rings. The van der Waals surface area contributed by atoms with Gasteiger partial charge in [-0.3, -0.25) is 10.1 Å². The summed E-state index contributed by atoms with van der Waals surface area (Å²) >= 11 is 0. The first kappa shape index (κ1) is 12.7. The van der Waals surface area contributed by atoms with E-state index in [0.29, 0.717) is 0 Å². The van der Waals surface area contributed by atoms with Gasteiger partial charge in [-0.15, -0.1) is 12.4 Å². The van der Waals surface area contributed by atoms with Crippen molar-refractivity contribution in [2.75, 3.05) is 31.1 Å². The van der Waals surface area contributed by atoms with Crippen LogP contribution in [0.1, 0.15) is 0 Å². The second-order valence-electron chi connectivity index (χ2n) is 3.48. The summed E-state index contributed by atoms with van der Waals surface area (Å²) in [6.45, 7) is 3.41. The Morgan fingerprint density at radius 1 is 1.25 bits per heavy atom. The third kappa shape index (κ3) is 2.62. The molecule has 1 heterocycles. The van der Waals surface area contributed by atoms with Gasteiger partial charge >= 0.3 is 0 Å². The molecule has 0 bridgehead atoms. The van der Waals surface area contributed by atoms with E-state index >= 15 is 0 Å². The van der Waals surface area contributed by atoms with Gasteiger partial charge in [-0.05, 0) is 6.07 Å². The lowest BCUT2D eigenvalue weighted by Crippen LogP contribution is -2.43. The summed E-state index contributed by atoms with van der Waals surface area (Å²) < 4.78 is 0. The van der Waals surface area contributed by atoms with Gasteiger partial charge in [0.25, 0.3) is 5.69 Å². The van der Waals surface area contributed by atoms with Crippen LogP contribution >= 0.6 is 12.4 Å². The molecule has 2 rings (SSSR count). The summed E-state index contributed by atoms with van der Waals surface area (Å²) in [7, 11) is 0. The number of para-hydroxylation sites is 2. The zero-order valence-corrected chi connectivity index (χ0v) is 9.57. The van der Waals surface area contributed by atoms with E-state index in [0.717, 1.165) is 31.9 Å². The molecule has 5 nitrogen and oxygen atoms in total. The highest BCUT2D eigenvalue weighted by atomic mass is 35.5. The van der Waals surface area contributed by atoms with Crippen LogP contribution in [0.25, 0.3) is 0 Å². The number of anilines is 1. The first-order chi connectivity index (χ1) is 7.29. The number of benzene rings is 1. The predicted octanol–water partition coefficient (Wildman–Crippen LogP) is 1.43. The van der Waals surface area contributed by atoms with Crippen molar-refractivity contribution in [1.29, 1.82) is 0 Å². The molecule has 0 aromatic heterocycles. The quantitative estimate of drug-likeness (QED) is 0.631. The number of rotatable bonds is 2. The molecule has 16 heavy (non-hydrogen) atoms. The van der Waals surface area contributed by atoms with Crippen molar-refractivity contribution in [1.82, 2.24) is 5.32 Å². The summed E-state index contributed by atoms with van der Waals surface area (Å²) in [4.78, 5) is 12.6. The number of halogens is 1. The number of nitro benzene ring substituents is 1. The van der Waals surface area contributed by atoms with Crippen molar-refractivity contribution >= 4 is 23.8 Å². The third-order valence-electron chi connectivity index (χ3n) is 2.54. The molecule has 1 N–H and O–H groups in total. The van der Waals surface area contributed by atoms with Crippen LogP contribution in [0.3, 0.4) is 0 Å². The Morgan fingerprint density at radius 3 is 2.50 bits per heavy atom. The fourth-order valence-corrected chi connectivity index (χ4v) is 1.79. The molecule has 1 saturated heterocycles. The summed E-state index contributed by atoms with van der Waals surface area (Å²) in [5, 5.41) is 14.0. The van der Waals surface area contributed by atoms with Crippen LogP contribution in [0.2, 0.25) is 0 Å². The molecule has 6 heteroatoms. The molecular weight excluding hydrogens is 230 g/mol. The highest BCUT2D eigenvalue weighted by Gasteiger charge is 2.19. The molecule has 0 aliphatic carbocycles. The van der Waals surface area contributed by atoms with E-state index in [-0.39, 0.29) is 23.0 Å². The normalized spacial score (nSPS) is 15.4. The van der Waals surface area contributed by atoms with E-state index in [1.54, 1.807) is 12.1 Å². The topological polar surface area (TPSA) is 58.4 Å². The van der Waals surface area contributed by atoms with Crippen molar-refractivity contribution in [3.63, 3.8) is 0 Å². The lowest BCUT2D eigenvalue weighted by Gasteiger charge is -2.28. The minimum absolute atomic E-state index is 0. The highest BCUT2D eigenvalue weighted by molar-refractivity contribution is 5.85. The fraction of sp³-hybridized carbons (Fsp3) is 0.400. The van der Waals surface area contributed by atoms with Crippen molar-refractivity contribution < 1.29 is 4.92 Å². The molecule has 1 aliphatic rings. The van der Waals surface area contributed by atoms with Gasteiger partial charge in [0, 0.05) is 32.2 Å². The molecule has 0 atom stereocenters. The zero-order valence-electron chi connectivity index (χ0n) is 8.76. The van der Waals surface area contributed by atoms with Crippen LogP contribution in [0, 0.1) is 10.1 Å². The average Bonchev–Trinajstić information content (AvgIpc) is 2.30. The number of piperazine rings is 1. The molecule has 1 aliphatic heterocycles. The molecule has 0 radical (unpaired) electrons. The van der Waals surface area contributed by atoms with Gasteiger partial charge in [0.2, 0.25) is 0 Å². The summed E-state index contributed by atoms with van der Waals surface area (Å²) in [5.41, 5.74) is 0.920. The average molecular weight is 244 g/mol. The Kier molecular flexibility index (Phi) is 4.52. The van der Waals surface area contributed by atoms with Gasteiger partial charge in [0.1, 0.15) is 5.69 Å². The van der Waals surface area contributed by atoms with Gasteiger partial charge in [0.15, 0.2) is 0 Å². The molecule has 0 unspecified atom stereocenters. The summed E-state index contributed by atoms with van der Waals surface area (Å²) in [6.07, 6.45) is 0. The van der Waals surface area contributed by atoms with E-state index in [4.69, 9.17) is 0 Å². The monoisotopic (exact) mass is 243 g/mol. The predicted molar refractivity (Wildman–Crippen MR) is 65.4 cm³/mol. The maximum absolute atomic E-state index is 10.8. The number of nitro groups is 1. The van der Waals surface area contributed by atoms with E-state index in [9.17, 15) is 10.1 Å². The van der Waals surface area contributed by atoms with Crippen molar-refractivity contribution in [2.24, 2.45) is 0 Å². The Bertz CT molecular complexity index is 367. The number of hydrogen-bond acceptors (Lipinski definition) is 4. The Morgan fingerprint density at radius 2 is 1.88 bits per heavy atom. The van der Waals surface area contributed by atoms with Crippen LogP contribution in [-0.2, 0) is 0 Å². The highest BCUT2D eigenvalue weighted by Crippen LogP contribution is 2.27. The smallest absolute Gasteiger partial charge is 0.292 e. The van der Waals surface area contributed by atoms with E-state index in [1.807, 2.05) is 12.1 Å². The Hall–Kier alpha value is -1.33. The standard InChI is InChI=1S/C10H13N3O2.ClH/c14-13(15)10-4-2-1-3-9(10)12-7-5-11-6-8-12;/h1-4,11H,5-8H2;1H. The van der Waals surface area contributed by atoms with Crippen LogP contribution in [0.5, 0.6) is 0 Å². The van der Waals surface area contributed by atoms with Gasteiger partial charge in [-0.25, -0.2) is 0 Å². The van der Waals surface area contributed by atoms with E-state index in [2.05, 4.69) is 10.2 Å². The SMILES string of the molecule is Cl.O=[N+]([O-])c1ccccc1N1CCNCC1. The van der Waals surface area contributed by atoms with Crippen LogP contribution in [0.15, 0.2) is 24.3 Å². The second kappa shape index (κ2) is 5.67. The first-order valence-electron chi connectivity index (χ1n) is 4.98. The number of nitrogens with zero attached hydrogens (tertiary/aromatic N) is 2. The Balaban J connectivity index is 0.00000128. The van der Waals surface area contributed by atoms with Crippen LogP contribution in [-0.4, -0.2) is 31.1 Å². The maximum Gasteiger partial charge on any atom is 0.292 e. The van der Waals surface area contributed by atoms with Crippen molar-refractivity contribution in [3.05, 3.63) is 34.4 Å². The fourth-order valence-electron chi connectivity index (χ4n) is 1.79. The molecular formula is C10H14ClN3O2. The molecule has 88 valence electrons. The van der Waals surface area contributed by atoms with Crippen molar-refractivity contribution in [3.8, 4) is 0 Å². The Labute approximate surface area is 100 Å². The molecule has 0 amide bonds. The number of nitrogens with one attached hydrogen (secondary N) is 1. The third-order valence-corrected chi connectivity index (χ3v) is 2.54.